The summed E-state index contributed by atoms with van der Waals surface area (Å²) < 4.78 is 0. The van der Waals surface area contributed by atoms with Gasteiger partial charge in [0, 0.05) is 42.7 Å². The first-order valence-electron chi connectivity index (χ1n) is 9.25. The fourth-order valence-electron chi connectivity index (χ4n) is 3.32. The Balaban J connectivity index is 1.61. The van der Waals surface area contributed by atoms with Crippen molar-refractivity contribution in [2.45, 2.75) is 26.7 Å². The summed E-state index contributed by atoms with van der Waals surface area (Å²) in [5.74, 6) is 1.30. The summed E-state index contributed by atoms with van der Waals surface area (Å²) in [7, 11) is 0. The highest BCUT2D eigenvalue weighted by molar-refractivity contribution is 6.30. The molecule has 1 amide bonds. The number of anilines is 1. The number of amides is 1. The third kappa shape index (κ3) is 4.15. The van der Waals surface area contributed by atoms with Crippen molar-refractivity contribution in [3.8, 4) is 11.3 Å². The highest BCUT2D eigenvalue weighted by atomic mass is 35.5. The van der Waals surface area contributed by atoms with Crippen LogP contribution in [0.4, 0.5) is 5.82 Å². The number of aromatic nitrogens is 2. The molecule has 0 N–H and O–H groups in total. The molecule has 6 heteroatoms. The first kappa shape index (κ1) is 18.6. The summed E-state index contributed by atoms with van der Waals surface area (Å²) in [5, 5.41) is 9.43. The topological polar surface area (TPSA) is 49.3 Å². The molecule has 0 unspecified atom stereocenters. The van der Waals surface area contributed by atoms with Crippen LogP contribution in [0.25, 0.3) is 11.3 Å². The Labute approximate surface area is 160 Å². The molecular formula is C20H25ClN4O. The van der Waals surface area contributed by atoms with E-state index in [1.54, 1.807) is 0 Å². The van der Waals surface area contributed by atoms with Crippen LogP contribution >= 0.6 is 11.6 Å². The largest absolute Gasteiger partial charge is 0.352 e. The van der Waals surface area contributed by atoms with Gasteiger partial charge in [-0.3, -0.25) is 4.79 Å². The molecule has 5 nitrogen and oxygen atoms in total. The molecule has 138 valence electrons. The molecule has 0 atom stereocenters. The molecule has 0 saturated carbocycles. The van der Waals surface area contributed by atoms with Gasteiger partial charge in [-0.05, 0) is 37.1 Å². The number of benzene rings is 1. The molecule has 1 aliphatic rings. The van der Waals surface area contributed by atoms with Gasteiger partial charge >= 0.3 is 0 Å². The van der Waals surface area contributed by atoms with E-state index in [2.05, 4.69) is 28.9 Å². The van der Waals surface area contributed by atoms with Gasteiger partial charge in [0.15, 0.2) is 5.82 Å². The summed E-state index contributed by atoms with van der Waals surface area (Å²) in [5.41, 5.74) is 1.82. The molecule has 26 heavy (non-hydrogen) atoms. The minimum Gasteiger partial charge on any atom is -0.352 e. The van der Waals surface area contributed by atoms with Crippen LogP contribution < -0.4 is 4.90 Å². The van der Waals surface area contributed by atoms with Gasteiger partial charge < -0.3 is 9.80 Å². The molecule has 1 aromatic carbocycles. The van der Waals surface area contributed by atoms with Crippen molar-refractivity contribution >= 4 is 23.3 Å². The maximum absolute atomic E-state index is 12.5. The van der Waals surface area contributed by atoms with Crippen LogP contribution in [-0.4, -0.2) is 47.2 Å². The average molecular weight is 373 g/mol. The number of nitrogens with zero attached hydrogens (tertiary/aromatic N) is 4. The standard InChI is InChI=1S/C20H25ClN4O/c1-3-15(4-2)20(26)25-13-11-24(12-14-25)19-10-9-18(22-23-19)16-5-7-17(21)8-6-16/h5-10,15H,3-4,11-14H2,1-2H3. The lowest BCUT2D eigenvalue weighted by Gasteiger charge is -2.36. The quantitative estimate of drug-likeness (QED) is 0.799. The summed E-state index contributed by atoms with van der Waals surface area (Å²) in [6, 6.07) is 11.6. The Morgan fingerprint density at radius 1 is 1.00 bits per heavy atom. The Morgan fingerprint density at radius 2 is 1.65 bits per heavy atom. The SMILES string of the molecule is CCC(CC)C(=O)N1CCN(c2ccc(-c3ccc(Cl)cc3)nn2)CC1. The fourth-order valence-corrected chi connectivity index (χ4v) is 3.45. The van der Waals surface area contributed by atoms with E-state index in [1.807, 2.05) is 41.3 Å². The van der Waals surface area contributed by atoms with Crippen LogP contribution in [0.3, 0.4) is 0 Å². The van der Waals surface area contributed by atoms with E-state index in [4.69, 9.17) is 11.6 Å². The molecule has 0 spiro atoms. The Bertz CT molecular complexity index is 720. The molecule has 1 aliphatic heterocycles. The van der Waals surface area contributed by atoms with E-state index < -0.39 is 0 Å². The predicted octanol–water partition coefficient (Wildman–Crippen LogP) is 3.88. The summed E-state index contributed by atoms with van der Waals surface area (Å²) in [6.07, 6.45) is 1.82. The molecule has 2 heterocycles. The van der Waals surface area contributed by atoms with Gasteiger partial charge in [0.05, 0.1) is 5.69 Å². The van der Waals surface area contributed by atoms with E-state index in [-0.39, 0.29) is 5.92 Å². The van der Waals surface area contributed by atoms with Crippen LogP contribution in [0, 0.1) is 5.92 Å². The van der Waals surface area contributed by atoms with Gasteiger partial charge in [-0.1, -0.05) is 37.6 Å². The molecule has 0 aliphatic carbocycles. The zero-order valence-electron chi connectivity index (χ0n) is 15.4. The summed E-state index contributed by atoms with van der Waals surface area (Å²) >= 11 is 5.93. The van der Waals surface area contributed by atoms with Gasteiger partial charge in [0.2, 0.25) is 5.91 Å². The average Bonchev–Trinajstić information content (AvgIpc) is 2.70. The van der Waals surface area contributed by atoms with Crippen molar-refractivity contribution < 1.29 is 4.79 Å². The molecule has 2 aromatic rings. The van der Waals surface area contributed by atoms with Crippen LogP contribution in [0.1, 0.15) is 26.7 Å². The second kappa shape index (κ2) is 8.49. The number of rotatable bonds is 5. The smallest absolute Gasteiger partial charge is 0.225 e. The minimum absolute atomic E-state index is 0.153. The molecule has 3 rings (SSSR count). The number of hydrogen-bond donors (Lipinski definition) is 0. The first-order valence-corrected chi connectivity index (χ1v) is 9.63. The number of piperazine rings is 1. The van der Waals surface area contributed by atoms with Gasteiger partial charge in [-0.15, -0.1) is 10.2 Å². The molecule has 0 bridgehead atoms. The highest BCUT2D eigenvalue weighted by Gasteiger charge is 2.26. The second-order valence-electron chi connectivity index (χ2n) is 6.61. The van der Waals surface area contributed by atoms with Crippen LogP contribution in [0.2, 0.25) is 5.02 Å². The van der Waals surface area contributed by atoms with Crippen molar-refractivity contribution in [3.63, 3.8) is 0 Å². The van der Waals surface area contributed by atoms with Crippen LogP contribution in [0.5, 0.6) is 0 Å². The number of hydrogen-bond acceptors (Lipinski definition) is 4. The van der Waals surface area contributed by atoms with Gasteiger partial charge in [-0.2, -0.15) is 0 Å². The number of carbonyl (C=O) groups is 1. The predicted molar refractivity (Wildman–Crippen MR) is 105 cm³/mol. The van der Waals surface area contributed by atoms with E-state index in [9.17, 15) is 4.79 Å². The van der Waals surface area contributed by atoms with E-state index in [0.29, 0.717) is 10.9 Å². The number of halogens is 1. The second-order valence-corrected chi connectivity index (χ2v) is 7.05. The zero-order chi connectivity index (χ0) is 18.5. The molecule has 0 radical (unpaired) electrons. The fraction of sp³-hybridized carbons (Fsp3) is 0.450. The summed E-state index contributed by atoms with van der Waals surface area (Å²) in [4.78, 5) is 16.7. The maximum atomic E-state index is 12.5. The Kier molecular flexibility index (Phi) is 6.09. The van der Waals surface area contributed by atoms with E-state index in [0.717, 1.165) is 56.1 Å². The van der Waals surface area contributed by atoms with Crippen LogP contribution in [-0.2, 0) is 4.79 Å². The van der Waals surface area contributed by atoms with Gasteiger partial charge in [0.1, 0.15) is 0 Å². The third-order valence-corrected chi connectivity index (χ3v) is 5.29. The van der Waals surface area contributed by atoms with Crippen molar-refractivity contribution in [1.82, 2.24) is 15.1 Å². The third-order valence-electron chi connectivity index (χ3n) is 5.04. The lowest BCUT2D eigenvalue weighted by Crippen LogP contribution is -2.50. The first-order chi connectivity index (χ1) is 12.6. The molecule has 1 saturated heterocycles. The monoisotopic (exact) mass is 372 g/mol. The maximum Gasteiger partial charge on any atom is 0.225 e. The Morgan fingerprint density at radius 3 is 2.19 bits per heavy atom. The minimum atomic E-state index is 0.153. The van der Waals surface area contributed by atoms with Crippen molar-refractivity contribution in [2.75, 3.05) is 31.1 Å². The molecule has 1 aromatic heterocycles. The van der Waals surface area contributed by atoms with Gasteiger partial charge in [0.25, 0.3) is 0 Å². The lowest BCUT2D eigenvalue weighted by atomic mass is 10.0. The summed E-state index contributed by atoms with van der Waals surface area (Å²) in [6.45, 7) is 7.24. The van der Waals surface area contributed by atoms with Crippen LogP contribution in [0.15, 0.2) is 36.4 Å². The van der Waals surface area contributed by atoms with Crippen molar-refractivity contribution in [1.29, 1.82) is 0 Å². The Hall–Kier alpha value is -2.14. The lowest BCUT2D eigenvalue weighted by molar-refractivity contribution is -0.136. The van der Waals surface area contributed by atoms with Crippen molar-refractivity contribution in [3.05, 3.63) is 41.4 Å². The van der Waals surface area contributed by atoms with E-state index >= 15 is 0 Å². The zero-order valence-corrected chi connectivity index (χ0v) is 16.1. The highest BCUT2D eigenvalue weighted by Crippen LogP contribution is 2.22. The number of carbonyl (C=O) groups excluding carboxylic acids is 1. The van der Waals surface area contributed by atoms with Crippen molar-refractivity contribution in [2.24, 2.45) is 5.92 Å². The molecule has 1 fully saturated rings. The normalized spacial score (nSPS) is 14.8. The van der Waals surface area contributed by atoms with E-state index in [1.165, 1.54) is 0 Å². The van der Waals surface area contributed by atoms with Gasteiger partial charge in [-0.25, -0.2) is 0 Å². The molecular weight excluding hydrogens is 348 g/mol.